The van der Waals surface area contributed by atoms with E-state index in [9.17, 15) is 8.42 Å². The van der Waals surface area contributed by atoms with Crippen LogP contribution in [-0.2, 0) is 17.1 Å². The molecule has 0 bridgehead atoms. The summed E-state index contributed by atoms with van der Waals surface area (Å²) < 4.78 is 29.0. The lowest BCUT2D eigenvalue weighted by molar-refractivity contribution is 0.600. The summed E-state index contributed by atoms with van der Waals surface area (Å²) in [5, 5.41) is 4.83. The van der Waals surface area contributed by atoms with Crippen LogP contribution in [0.15, 0.2) is 59.5 Å². The molecule has 0 aliphatic heterocycles. The fraction of sp³-hybridized carbons (Fsp3) is 0.0625. The number of halogens is 2. The Hall–Kier alpha value is -2.02. The number of hydrogen-bond acceptors (Lipinski definition) is 3. The Morgan fingerprint density at radius 1 is 1.00 bits per heavy atom. The lowest BCUT2D eigenvalue weighted by atomic mass is 10.2. The Labute approximate surface area is 149 Å². The van der Waals surface area contributed by atoms with Crippen molar-refractivity contribution in [2.45, 2.75) is 4.90 Å². The summed E-state index contributed by atoms with van der Waals surface area (Å²) in [5.74, 6) is 0.338. The van der Waals surface area contributed by atoms with Gasteiger partial charge in [0.15, 0.2) is 0 Å². The number of aromatic nitrogens is 2. The molecule has 0 amide bonds. The zero-order valence-electron chi connectivity index (χ0n) is 12.6. The molecule has 2 aromatic carbocycles. The highest BCUT2D eigenvalue weighted by Crippen LogP contribution is 2.26. The summed E-state index contributed by atoms with van der Waals surface area (Å²) in [6, 6.07) is 15.3. The summed E-state index contributed by atoms with van der Waals surface area (Å²) in [6.45, 7) is 0. The maximum absolute atomic E-state index is 12.5. The molecule has 0 atom stereocenters. The number of anilines is 1. The minimum atomic E-state index is -3.83. The third-order valence-corrected chi connectivity index (χ3v) is 5.11. The fourth-order valence-corrected chi connectivity index (χ4v) is 4.00. The molecule has 0 radical (unpaired) electrons. The molecule has 0 unspecified atom stereocenters. The largest absolute Gasteiger partial charge is 0.264 e. The van der Waals surface area contributed by atoms with E-state index in [0.29, 0.717) is 11.5 Å². The highest BCUT2D eigenvalue weighted by Gasteiger charge is 2.18. The summed E-state index contributed by atoms with van der Waals surface area (Å²) in [4.78, 5) is -0.0116. The van der Waals surface area contributed by atoms with Crippen LogP contribution in [0.4, 0.5) is 5.82 Å². The van der Waals surface area contributed by atoms with E-state index in [1.807, 2.05) is 30.3 Å². The first-order valence-corrected chi connectivity index (χ1v) is 9.17. The molecule has 0 aliphatic rings. The predicted molar refractivity (Wildman–Crippen MR) is 95.9 cm³/mol. The van der Waals surface area contributed by atoms with E-state index in [-0.39, 0.29) is 14.9 Å². The van der Waals surface area contributed by atoms with Crippen molar-refractivity contribution in [3.63, 3.8) is 0 Å². The Kier molecular flexibility index (Phi) is 4.54. The Balaban J connectivity index is 1.95. The molecule has 1 N–H and O–H groups in total. The van der Waals surface area contributed by atoms with Gasteiger partial charge in [0, 0.05) is 28.7 Å². The quantitative estimate of drug-likeness (QED) is 0.736. The highest BCUT2D eigenvalue weighted by molar-refractivity contribution is 7.92. The number of sulfonamides is 1. The summed E-state index contributed by atoms with van der Waals surface area (Å²) in [6.07, 6.45) is 0. The first kappa shape index (κ1) is 16.8. The van der Waals surface area contributed by atoms with E-state index in [0.717, 1.165) is 5.56 Å². The maximum Gasteiger partial charge on any atom is 0.263 e. The average Bonchev–Trinajstić information content (AvgIpc) is 2.88. The number of nitrogens with zero attached hydrogens (tertiary/aromatic N) is 2. The van der Waals surface area contributed by atoms with Gasteiger partial charge < -0.3 is 0 Å². The van der Waals surface area contributed by atoms with Crippen LogP contribution in [-0.4, -0.2) is 18.2 Å². The second kappa shape index (κ2) is 6.47. The molecule has 3 aromatic rings. The van der Waals surface area contributed by atoms with Crippen LogP contribution >= 0.6 is 23.2 Å². The number of hydrogen-bond donors (Lipinski definition) is 1. The molecule has 124 valence electrons. The van der Waals surface area contributed by atoms with Crippen LogP contribution in [0.1, 0.15) is 0 Å². The topological polar surface area (TPSA) is 64.0 Å². The van der Waals surface area contributed by atoms with Crippen molar-refractivity contribution in [2.75, 3.05) is 4.72 Å². The summed E-state index contributed by atoms with van der Waals surface area (Å²) >= 11 is 11.8. The Morgan fingerprint density at radius 2 is 1.62 bits per heavy atom. The maximum atomic E-state index is 12.5. The predicted octanol–water partition coefficient (Wildman–Crippen LogP) is 4.19. The minimum absolute atomic E-state index is 0.0116. The van der Waals surface area contributed by atoms with Crippen molar-refractivity contribution in [3.05, 3.63) is 64.6 Å². The van der Waals surface area contributed by atoms with Gasteiger partial charge in [-0.1, -0.05) is 53.5 Å². The van der Waals surface area contributed by atoms with Gasteiger partial charge in [0.1, 0.15) is 5.82 Å². The fourth-order valence-electron chi connectivity index (χ4n) is 2.19. The van der Waals surface area contributed by atoms with Crippen molar-refractivity contribution in [3.8, 4) is 11.3 Å². The van der Waals surface area contributed by atoms with Gasteiger partial charge in [-0.3, -0.25) is 9.40 Å². The molecule has 0 spiro atoms. The minimum Gasteiger partial charge on any atom is -0.264 e. The van der Waals surface area contributed by atoms with Gasteiger partial charge in [-0.2, -0.15) is 5.10 Å². The number of nitrogens with one attached hydrogen (secondary N) is 1. The standard InChI is InChI=1S/C16H13Cl2N3O2S/c1-21-16(10-15(19-21)11-5-3-2-4-6-11)20-24(22,23)14-8-12(17)7-13(18)9-14/h2-10,20H,1H3. The summed E-state index contributed by atoms with van der Waals surface area (Å²) in [7, 11) is -2.17. The molecular formula is C16H13Cl2N3O2S. The molecule has 5 nitrogen and oxygen atoms in total. The van der Waals surface area contributed by atoms with Crippen LogP contribution in [0.2, 0.25) is 10.0 Å². The molecule has 0 fully saturated rings. The van der Waals surface area contributed by atoms with E-state index in [1.54, 1.807) is 13.1 Å². The smallest absolute Gasteiger partial charge is 0.263 e. The molecule has 1 heterocycles. The molecule has 24 heavy (non-hydrogen) atoms. The SMILES string of the molecule is Cn1nc(-c2ccccc2)cc1NS(=O)(=O)c1cc(Cl)cc(Cl)c1. The first-order chi connectivity index (χ1) is 11.3. The normalized spacial score (nSPS) is 11.5. The lowest BCUT2D eigenvalue weighted by Gasteiger charge is -2.08. The van der Waals surface area contributed by atoms with E-state index < -0.39 is 10.0 Å². The van der Waals surface area contributed by atoms with Gasteiger partial charge in [-0.05, 0) is 18.2 Å². The van der Waals surface area contributed by atoms with Crippen molar-refractivity contribution in [1.82, 2.24) is 9.78 Å². The van der Waals surface area contributed by atoms with Gasteiger partial charge in [-0.15, -0.1) is 0 Å². The lowest BCUT2D eigenvalue weighted by Crippen LogP contribution is -2.15. The van der Waals surface area contributed by atoms with Crippen molar-refractivity contribution in [2.24, 2.45) is 7.05 Å². The molecule has 3 rings (SSSR count). The van der Waals surface area contributed by atoms with E-state index in [4.69, 9.17) is 23.2 Å². The molecule has 8 heteroatoms. The Morgan fingerprint density at radius 3 is 2.25 bits per heavy atom. The molecule has 1 aromatic heterocycles. The Bertz CT molecular complexity index is 966. The van der Waals surface area contributed by atoms with Gasteiger partial charge in [0.2, 0.25) is 0 Å². The third-order valence-electron chi connectivity index (χ3n) is 3.33. The van der Waals surface area contributed by atoms with E-state index in [1.165, 1.54) is 22.9 Å². The molecular weight excluding hydrogens is 369 g/mol. The first-order valence-electron chi connectivity index (χ1n) is 6.93. The molecule has 0 saturated heterocycles. The van der Waals surface area contributed by atoms with Crippen LogP contribution in [0, 0.1) is 0 Å². The van der Waals surface area contributed by atoms with Crippen molar-refractivity contribution in [1.29, 1.82) is 0 Å². The number of rotatable bonds is 4. The van der Waals surface area contributed by atoms with Crippen LogP contribution < -0.4 is 4.72 Å². The van der Waals surface area contributed by atoms with Gasteiger partial charge in [0.05, 0.1) is 10.6 Å². The van der Waals surface area contributed by atoms with E-state index in [2.05, 4.69) is 9.82 Å². The number of aryl methyl sites for hydroxylation is 1. The second-order valence-corrected chi connectivity index (χ2v) is 7.67. The second-order valence-electron chi connectivity index (χ2n) is 5.12. The van der Waals surface area contributed by atoms with Crippen molar-refractivity contribution >= 4 is 39.0 Å². The average molecular weight is 382 g/mol. The third kappa shape index (κ3) is 3.56. The summed E-state index contributed by atoms with van der Waals surface area (Å²) in [5.41, 5.74) is 1.56. The zero-order chi connectivity index (χ0) is 17.3. The number of benzene rings is 2. The van der Waals surface area contributed by atoms with Gasteiger partial charge in [0.25, 0.3) is 10.0 Å². The molecule has 0 aliphatic carbocycles. The van der Waals surface area contributed by atoms with Gasteiger partial charge >= 0.3 is 0 Å². The van der Waals surface area contributed by atoms with Crippen LogP contribution in [0.5, 0.6) is 0 Å². The molecule has 0 saturated carbocycles. The highest BCUT2D eigenvalue weighted by atomic mass is 35.5. The van der Waals surface area contributed by atoms with Gasteiger partial charge in [-0.25, -0.2) is 8.42 Å². The van der Waals surface area contributed by atoms with E-state index >= 15 is 0 Å². The van der Waals surface area contributed by atoms with Crippen molar-refractivity contribution < 1.29 is 8.42 Å². The zero-order valence-corrected chi connectivity index (χ0v) is 14.9. The van der Waals surface area contributed by atoms with Crippen LogP contribution in [0.3, 0.4) is 0 Å². The monoisotopic (exact) mass is 381 g/mol. The van der Waals surface area contributed by atoms with Crippen LogP contribution in [0.25, 0.3) is 11.3 Å².